The number of rotatable bonds is 6. The second-order valence-electron chi connectivity index (χ2n) is 5.24. The third kappa shape index (κ3) is 4.40. The maximum atomic E-state index is 12.3. The summed E-state index contributed by atoms with van der Waals surface area (Å²) in [7, 11) is 1.17. The molecule has 0 saturated heterocycles. The van der Waals surface area contributed by atoms with E-state index in [1.165, 1.54) is 13.2 Å². The highest BCUT2D eigenvalue weighted by atomic mass is 79.9. The molecular weight excluding hydrogens is 372 g/mol. The van der Waals surface area contributed by atoms with E-state index in [0.717, 1.165) is 10.0 Å². The van der Waals surface area contributed by atoms with Gasteiger partial charge in [-0.1, -0.05) is 70.5 Å². The SMILES string of the molecule is COC(=O)[C@](O)(/C=C/c1ccccc1Br)CC(=O)c1ccccc1. The number of hydrogen-bond acceptors (Lipinski definition) is 4. The molecule has 0 aliphatic heterocycles. The Morgan fingerprint density at radius 1 is 1.12 bits per heavy atom. The molecule has 2 aromatic carbocycles. The third-order valence-electron chi connectivity index (χ3n) is 3.51. The average Bonchev–Trinajstić information content (AvgIpc) is 2.61. The number of hydrogen-bond donors (Lipinski definition) is 1. The van der Waals surface area contributed by atoms with Crippen LogP contribution in [-0.4, -0.2) is 29.6 Å². The summed E-state index contributed by atoms with van der Waals surface area (Å²) in [5.74, 6) is -1.23. The van der Waals surface area contributed by atoms with Crippen molar-refractivity contribution in [2.45, 2.75) is 12.0 Å². The standard InChI is InChI=1S/C19H17BrO4/c1-24-18(22)19(23,12-11-14-7-5-6-10-16(14)20)13-17(21)15-8-3-2-4-9-15/h2-12,23H,13H2,1H3/b12-11+/t19-/m0/s1. The van der Waals surface area contributed by atoms with Crippen LogP contribution < -0.4 is 0 Å². The molecule has 0 fully saturated rings. The summed E-state index contributed by atoms with van der Waals surface area (Å²) in [6, 6.07) is 15.8. The molecule has 0 aromatic heterocycles. The molecule has 0 spiro atoms. The highest BCUT2D eigenvalue weighted by Crippen LogP contribution is 2.23. The van der Waals surface area contributed by atoms with Gasteiger partial charge in [-0.2, -0.15) is 0 Å². The Labute approximate surface area is 148 Å². The number of esters is 1. The number of methoxy groups -OCH3 is 1. The Balaban J connectivity index is 2.28. The minimum absolute atomic E-state index is 0.347. The number of halogens is 1. The predicted octanol–water partition coefficient (Wildman–Crippen LogP) is 3.64. The summed E-state index contributed by atoms with van der Waals surface area (Å²) >= 11 is 3.39. The largest absolute Gasteiger partial charge is 0.467 e. The van der Waals surface area contributed by atoms with Crippen LogP contribution in [0.5, 0.6) is 0 Å². The zero-order chi connectivity index (χ0) is 17.6. The fraction of sp³-hybridized carbons (Fsp3) is 0.158. The summed E-state index contributed by atoms with van der Waals surface area (Å²) in [6.07, 6.45) is 2.48. The zero-order valence-electron chi connectivity index (χ0n) is 13.1. The van der Waals surface area contributed by atoms with Crippen LogP contribution >= 0.6 is 15.9 Å². The van der Waals surface area contributed by atoms with E-state index in [9.17, 15) is 14.7 Å². The van der Waals surface area contributed by atoms with Crippen LogP contribution in [0.1, 0.15) is 22.3 Å². The first-order valence-electron chi connectivity index (χ1n) is 7.29. The number of carbonyl (C=O) groups excluding carboxylic acids is 2. The Morgan fingerprint density at radius 3 is 2.38 bits per heavy atom. The molecule has 0 amide bonds. The predicted molar refractivity (Wildman–Crippen MR) is 95.5 cm³/mol. The number of Topliss-reactive ketones (excluding diaryl/α,β-unsaturated/α-hetero) is 1. The highest BCUT2D eigenvalue weighted by Gasteiger charge is 2.37. The van der Waals surface area contributed by atoms with E-state index in [4.69, 9.17) is 0 Å². The van der Waals surface area contributed by atoms with Gasteiger partial charge in [-0.3, -0.25) is 4.79 Å². The molecule has 0 heterocycles. The number of benzene rings is 2. The van der Waals surface area contributed by atoms with Crippen molar-refractivity contribution in [3.63, 3.8) is 0 Å². The smallest absolute Gasteiger partial charge is 0.342 e. The highest BCUT2D eigenvalue weighted by molar-refractivity contribution is 9.10. The monoisotopic (exact) mass is 388 g/mol. The van der Waals surface area contributed by atoms with Crippen molar-refractivity contribution in [3.8, 4) is 0 Å². The van der Waals surface area contributed by atoms with Crippen molar-refractivity contribution < 1.29 is 19.4 Å². The first-order valence-corrected chi connectivity index (χ1v) is 8.08. The average molecular weight is 389 g/mol. The molecule has 1 N–H and O–H groups in total. The number of ketones is 1. The lowest BCUT2D eigenvalue weighted by atomic mass is 9.92. The molecule has 0 saturated carbocycles. The van der Waals surface area contributed by atoms with Gasteiger partial charge in [-0.15, -0.1) is 0 Å². The molecule has 2 aromatic rings. The Bertz CT molecular complexity index is 755. The van der Waals surface area contributed by atoms with Gasteiger partial charge in [-0.25, -0.2) is 4.79 Å². The molecule has 1 atom stereocenters. The van der Waals surface area contributed by atoms with Gasteiger partial charge in [0.1, 0.15) is 0 Å². The van der Waals surface area contributed by atoms with Crippen LogP contribution in [0.25, 0.3) is 6.08 Å². The van der Waals surface area contributed by atoms with Crippen molar-refractivity contribution in [1.29, 1.82) is 0 Å². The number of aliphatic hydroxyl groups is 1. The Morgan fingerprint density at radius 2 is 1.75 bits per heavy atom. The Kier molecular flexibility index (Phi) is 6.06. The van der Waals surface area contributed by atoms with Gasteiger partial charge >= 0.3 is 5.97 Å². The van der Waals surface area contributed by atoms with Crippen molar-refractivity contribution >= 4 is 33.8 Å². The summed E-state index contributed by atoms with van der Waals surface area (Å²) in [5, 5.41) is 10.7. The van der Waals surface area contributed by atoms with Gasteiger partial charge in [0.15, 0.2) is 11.4 Å². The summed E-state index contributed by atoms with van der Waals surface area (Å²) in [5.41, 5.74) is -0.835. The van der Waals surface area contributed by atoms with Crippen LogP contribution in [0.4, 0.5) is 0 Å². The summed E-state index contributed by atoms with van der Waals surface area (Å²) in [6.45, 7) is 0. The topological polar surface area (TPSA) is 63.6 Å². The molecule has 0 bridgehead atoms. The third-order valence-corrected chi connectivity index (χ3v) is 4.23. The molecule has 5 heteroatoms. The van der Waals surface area contributed by atoms with Gasteiger partial charge in [0.25, 0.3) is 0 Å². The molecule has 24 heavy (non-hydrogen) atoms. The van der Waals surface area contributed by atoms with Crippen molar-refractivity contribution in [1.82, 2.24) is 0 Å². The van der Waals surface area contributed by atoms with Crippen LogP contribution in [0.3, 0.4) is 0 Å². The minimum Gasteiger partial charge on any atom is -0.467 e. The normalized spacial score (nSPS) is 13.5. The van der Waals surface area contributed by atoms with Crippen LogP contribution in [0, 0.1) is 0 Å². The molecule has 0 aliphatic carbocycles. The molecule has 124 valence electrons. The quantitative estimate of drug-likeness (QED) is 0.605. The van der Waals surface area contributed by atoms with E-state index in [0.29, 0.717) is 5.56 Å². The van der Waals surface area contributed by atoms with E-state index in [2.05, 4.69) is 20.7 Å². The molecule has 4 nitrogen and oxygen atoms in total. The fourth-order valence-corrected chi connectivity index (χ4v) is 2.60. The molecule has 0 radical (unpaired) electrons. The first kappa shape index (κ1) is 18.1. The van der Waals surface area contributed by atoms with Crippen molar-refractivity contribution in [2.75, 3.05) is 7.11 Å². The van der Waals surface area contributed by atoms with Gasteiger partial charge in [-0.05, 0) is 17.7 Å². The van der Waals surface area contributed by atoms with Crippen molar-refractivity contribution in [3.05, 3.63) is 76.3 Å². The minimum atomic E-state index is -2.03. The lowest BCUT2D eigenvalue weighted by Crippen LogP contribution is -2.39. The van der Waals surface area contributed by atoms with E-state index in [1.54, 1.807) is 36.4 Å². The van der Waals surface area contributed by atoms with Gasteiger partial charge in [0.2, 0.25) is 0 Å². The maximum absolute atomic E-state index is 12.3. The van der Waals surface area contributed by atoms with Gasteiger partial charge in [0.05, 0.1) is 13.5 Å². The van der Waals surface area contributed by atoms with Gasteiger partial charge in [0, 0.05) is 10.0 Å². The van der Waals surface area contributed by atoms with Crippen LogP contribution in [0.15, 0.2) is 65.1 Å². The second-order valence-corrected chi connectivity index (χ2v) is 6.09. The lowest BCUT2D eigenvalue weighted by molar-refractivity contribution is -0.156. The van der Waals surface area contributed by atoms with Crippen LogP contribution in [0.2, 0.25) is 0 Å². The molecule has 2 rings (SSSR count). The van der Waals surface area contributed by atoms with Crippen LogP contribution in [-0.2, 0) is 9.53 Å². The first-order chi connectivity index (χ1) is 11.5. The van der Waals surface area contributed by atoms with Crippen molar-refractivity contribution in [2.24, 2.45) is 0 Å². The zero-order valence-corrected chi connectivity index (χ0v) is 14.7. The maximum Gasteiger partial charge on any atom is 0.342 e. The molecule has 0 aliphatic rings. The van der Waals surface area contributed by atoms with E-state index < -0.39 is 18.0 Å². The second kappa shape index (κ2) is 8.04. The van der Waals surface area contributed by atoms with E-state index in [1.807, 2.05) is 24.3 Å². The van der Waals surface area contributed by atoms with Gasteiger partial charge < -0.3 is 9.84 Å². The lowest BCUT2D eigenvalue weighted by Gasteiger charge is -2.21. The summed E-state index contributed by atoms with van der Waals surface area (Å²) < 4.78 is 5.47. The van der Waals surface area contributed by atoms with E-state index >= 15 is 0 Å². The fourth-order valence-electron chi connectivity index (χ4n) is 2.18. The summed E-state index contributed by atoms with van der Waals surface area (Å²) in [4.78, 5) is 24.4. The number of carbonyl (C=O) groups is 2. The Hall–Kier alpha value is -2.24. The molecule has 0 unspecified atom stereocenters. The number of ether oxygens (including phenoxy) is 1. The molecular formula is C19H17BrO4. The van der Waals surface area contributed by atoms with E-state index in [-0.39, 0.29) is 5.78 Å².